The fourth-order valence-electron chi connectivity index (χ4n) is 8.68. The zero-order chi connectivity index (χ0) is 36.6. The van der Waals surface area contributed by atoms with Gasteiger partial charge in [0, 0.05) is 49.4 Å². The summed E-state index contributed by atoms with van der Waals surface area (Å²) in [6.07, 6.45) is 0. The summed E-state index contributed by atoms with van der Waals surface area (Å²) < 4.78 is 6.93. The van der Waals surface area contributed by atoms with Crippen molar-refractivity contribution in [2.75, 3.05) is 0 Å². The molecule has 0 aliphatic heterocycles. The molecular weight excluding hydrogens is 671 g/mol. The molecule has 3 heterocycles. The van der Waals surface area contributed by atoms with Crippen molar-refractivity contribution in [1.82, 2.24) is 13.7 Å². The van der Waals surface area contributed by atoms with Gasteiger partial charge in [0.25, 0.3) is 0 Å². The van der Waals surface area contributed by atoms with Crippen LogP contribution in [0.2, 0.25) is 0 Å². The molecule has 0 saturated heterocycles. The summed E-state index contributed by atoms with van der Waals surface area (Å²) in [6.45, 7) is 8.08. The lowest BCUT2D eigenvalue weighted by molar-refractivity contribution is 1.15. The van der Waals surface area contributed by atoms with Crippen molar-refractivity contribution in [1.29, 1.82) is 5.26 Å². The number of nitrogens with zero attached hydrogens (tertiary/aromatic N) is 5. The molecule has 0 saturated carbocycles. The van der Waals surface area contributed by atoms with E-state index in [0.29, 0.717) is 11.3 Å². The van der Waals surface area contributed by atoms with Crippen LogP contribution in [0.15, 0.2) is 176 Å². The quantitative estimate of drug-likeness (QED) is 0.169. The Hall–Kier alpha value is -7.86. The van der Waals surface area contributed by atoms with Gasteiger partial charge < -0.3 is 13.7 Å². The van der Waals surface area contributed by atoms with E-state index in [1.807, 2.05) is 24.3 Å². The van der Waals surface area contributed by atoms with Gasteiger partial charge >= 0.3 is 0 Å². The molecule has 0 fully saturated rings. The highest BCUT2D eigenvalue weighted by molar-refractivity contribution is 6.12. The first-order chi connectivity index (χ1) is 27.2. The normalized spacial score (nSPS) is 11.6. The second-order valence-corrected chi connectivity index (χ2v) is 14.0. The zero-order valence-electron chi connectivity index (χ0n) is 29.5. The van der Waals surface area contributed by atoms with E-state index < -0.39 is 0 Å². The molecular formula is C50H29N5. The Morgan fingerprint density at radius 3 is 1.51 bits per heavy atom. The van der Waals surface area contributed by atoms with Crippen molar-refractivity contribution in [2.24, 2.45) is 0 Å². The lowest BCUT2D eigenvalue weighted by Crippen LogP contribution is -1.97. The molecule has 8 aromatic carbocycles. The van der Waals surface area contributed by atoms with Crippen LogP contribution in [0.1, 0.15) is 5.56 Å². The highest BCUT2D eigenvalue weighted by Crippen LogP contribution is 2.39. The molecule has 5 heteroatoms. The van der Waals surface area contributed by atoms with Crippen LogP contribution in [-0.4, -0.2) is 13.7 Å². The van der Waals surface area contributed by atoms with E-state index in [1.54, 1.807) is 0 Å². The molecule has 0 spiro atoms. The number of nitriles is 1. The van der Waals surface area contributed by atoms with E-state index in [2.05, 4.69) is 176 Å². The number of hydrogen-bond donors (Lipinski definition) is 0. The SMILES string of the molecule is [C-]#[N+]c1cc(-c2cccc(-n3c4ccccc4c4ccc(-n5c6ccccc6c6cc(C#N)ccc65)cc43)c2)cc(-n2c3ccccc3c3ccccc32)c1. The van der Waals surface area contributed by atoms with E-state index in [9.17, 15) is 5.26 Å². The molecule has 0 bridgehead atoms. The van der Waals surface area contributed by atoms with Gasteiger partial charge in [-0.25, -0.2) is 4.85 Å². The molecule has 0 amide bonds. The van der Waals surface area contributed by atoms with Gasteiger partial charge in [-0.15, -0.1) is 0 Å². The van der Waals surface area contributed by atoms with Gasteiger partial charge in [-0.1, -0.05) is 91.0 Å². The van der Waals surface area contributed by atoms with Gasteiger partial charge in [0.05, 0.1) is 51.3 Å². The van der Waals surface area contributed by atoms with E-state index >= 15 is 0 Å². The summed E-state index contributed by atoms with van der Waals surface area (Å²) in [5.41, 5.74) is 12.9. The lowest BCUT2D eigenvalue weighted by Gasteiger charge is -2.14. The van der Waals surface area contributed by atoms with Crippen molar-refractivity contribution in [3.8, 4) is 34.3 Å². The minimum atomic E-state index is 0.592. The van der Waals surface area contributed by atoms with E-state index in [-0.39, 0.29) is 0 Å². The molecule has 0 aliphatic rings. The fourth-order valence-corrected chi connectivity index (χ4v) is 8.68. The predicted molar refractivity (Wildman–Crippen MR) is 226 cm³/mol. The van der Waals surface area contributed by atoms with Gasteiger partial charge in [-0.2, -0.15) is 5.26 Å². The molecule has 0 N–H and O–H groups in total. The predicted octanol–water partition coefficient (Wildman–Crippen LogP) is 13.1. The van der Waals surface area contributed by atoms with Crippen molar-refractivity contribution >= 4 is 71.1 Å². The summed E-state index contributed by atoms with van der Waals surface area (Å²) in [5, 5.41) is 16.6. The molecule has 55 heavy (non-hydrogen) atoms. The Balaban J connectivity index is 1.12. The smallest absolute Gasteiger partial charge is 0.189 e. The van der Waals surface area contributed by atoms with E-state index in [4.69, 9.17) is 6.57 Å². The third-order valence-electron chi connectivity index (χ3n) is 11.0. The van der Waals surface area contributed by atoms with Crippen LogP contribution < -0.4 is 0 Å². The van der Waals surface area contributed by atoms with Crippen molar-refractivity contribution in [2.45, 2.75) is 0 Å². The third-order valence-corrected chi connectivity index (χ3v) is 11.0. The molecule has 254 valence electrons. The van der Waals surface area contributed by atoms with Crippen molar-refractivity contribution in [3.63, 3.8) is 0 Å². The Morgan fingerprint density at radius 2 is 0.891 bits per heavy atom. The maximum Gasteiger partial charge on any atom is 0.189 e. The van der Waals surface area contributed by atoms with Crippen LogP contribution >= 0.6 is 0 Å². The summed E-state index contributed by atoms with van der Waals surface area (Å²) >= 11 is 0. The van der Waals surface area contributed by atoms with Gasteiger partial charge in [-0.05, 0) is 96.1 Å². The number of aromatic nitrogens is 3. The average molecular weight is 700 g/mol. The number of rotatable bonds is 4. The number of benzene rings is 8. The van der Waals surface area contributed by atoms with E-state index in [1.165, 1.54) is 21.5 Å². The standard InChI is InChI=1S/C50H29N5/c1-52-35-26-34(28-38(29-35)55-46-18-7-2-13-39(46)40-14-3-8-19-47(40)55)33-11-10-12-36(27-33)54-45-17-6-4-15-41(45)43-23-22-37(30-50(43)54)53-48-20-9-5-16-42(48)44-25-32(31-51)21-24-49(44)53/h2-30H. The number of para-hydroxylation sites is 4. The molecule has 0 unspecified atom stereocenters. The maximum atomic E-state index is 9.70. The van der Waals surface area contributed by atoms with Crippen LogP contribution in [0, 0.1) is 17.9 Å². The molecule has 0 aliphatic carbocycles. The third kappa shape index (κ3) is 4.58. The maximum absolute atomic E-state index is 9.70. The highest BCUT2D eigenvalue weighted by Gasteiger charge is 2.18. The van der Waals surface area contributed by atoms with Crippen LogP contribution in [0.3, 0.4) is 0 Å². The average Bonchev–Trinajstić information content (AvgIpc) is 3.88. The van der Waals surface area contributed by atoms with E-state index in [0.717, 1.165) is 72.1 Å². The Kier molecular flexibility index (Phi) is 6.61. The summed E-state index contributed by atoms with van der Waals surface area (Å²) in [7, 11) is 0. The first-order valence-corrected chi connectivity index (χ1v) is 18.3. The minimum Gasteiger partial charge on any atom is -0.310 e. The fraction of sp³-hybridized carbons (Fsp3) is 0. The van der Waals surface area contributed by atoms with Crippen LogP contribution in [0.25, 0.3) is 98.5 Å². The first-order valence-electron chi connectivity index (χ1n) is 18.3. The molecule has 3 aromatic heterocycles. The lowest BCUT2D eigenvalue weighted by atomic mass is 10.0. The Morgan fingerprint density at radius 1 is 0.382 bits per heavy atom. The summed E-state index contributed by atoms with van der Waals surface area (Å²) in [5.74, 6) is 0. The highest BCUT2D eigenvalue weighted by atomic mass is 15.0. The van der Waals surface area contributed by atoms with Crippen LogP contribution in [-0.2, 0) is 0 Å². The second-order valence-electron chi connectivity index (χ2n) is 14.0. The minimum absolute atomic E-state index is 0.592. The number of fused-ring (bicyclic) bond motifs is 9. The van der Waals surface area contributed by atoms with Crippen LogP contribution in [0.5, 0.6) is 0 Å². The zero-order valence-corrected chi connectivity index (χ0v) is 29.5. The van der Waals surface area contributed by atoms with Gasteiger partial charge in [0.15, 0.2) is 5.69 Å². The number of hydrogen-bond acceptors (Lipinski definition) is 1. The molecule has 11 aromatic rings. The van der Waals surface area contributed by atoms with Crippen molar-refractivity contribution in [3.05, 3.63) is 193 Å². The van der Waals surface area contributed by atoms with Gasteiger partial charge in [-0.3, -0.25) is 0 Å². The van der Waals surface area contributed by atoms with Gasteiger partial charge in [0.1, 0.15) is 0 Å². The largest absolute Gasteiger partial charge is 0.310 e. The Labute approximate surface area is 316 Å². The topological polar surface area (TPSA) is 42.9 Å². The Bertz CT molecular complexity index is 3420. The van der Waals surface area contributed by atoms with Crippen molar-refractivity contribution < 1.29 is 0 Å². The molecule has 5 nitrogen and oxygen atoms in total. The summed E-state index contributed by atoms with van der Waals surface area (Å²) in [6, 6.07) is 63.7. The summed E-state index contributed by atoms with van der Waals surface area (Å²) in [4.78, 5) is 3.94. The van der Waals surface area contributed by atoms with Gasteiger partial charge in [0.2, 0.25) is 0 Å². The second kappa shape index (κ2) is 11.8. The first kappa shape index (κ1) is 30.7. The van der Waals surface area contributed by atoms with Crippen LogP contribution in [0.4, 0.5) is 5.69 Å². The monoisotopic (exact) mass is 699 g/mol. The molecule has 11 rings (SSSR count). The molecule has 0 radical (unpaired) electrons. The molecule has 0 atom stereocenters.